The van der Waals surface area contributed by atoms with Crippen LogP contribution in [0.1, 0.15) is 16.8 Å². The summed E-state index contributed by atoms with van der Waals surface area (Å²) in [6.07, 6.45) is 0.855. The van der Waals surface area contributed by atoms with E-state index < -0.39 is 12.1 Å². The molecule has 1 aliphatic rings. The van der Waals surface area contributed by atoms with Gasteiger partial charge in [-0.2, -0.15) is 0 Å². The lowest BCUT2D eigenvalue weighted by atomic mass is 10.1. The predicted octanol–water partition coefficient (Wildman–Crippen LogP) is -0.653. The lowest BCUT2D eigenvalue weighted by molar-refractivity contribution is -0.123. The third-order valence-corrected chi connectivity index (χ3v) is 4.32. The maximum absolute atomic E-state index is 12.8. The first-order valence-corrected chi connectivity index (χ1v) is 8.90. The Labute approximate surface area is 159 Å². The summed E-state index contributed by atoms with van der Waals surface area (Å²) >= 11 is 0. The Hall–Kier alpha value is -2.36. The van der Waals surface area contributed by atoms with Crippen molar-refractivity contribution < 1.29 is 19.1 Å². The molecule has 1 aromatic rings. The van der Waals surface area contributed by atoms with Crippen LogP contribution in [0.2, 0.25) is 0 Å². The fourth-order valence-corrected chi connectivity index (χ4v) is 2.91. The molecular formula is C18H29N5O4. The molecule has 0 saturated carbocycles. The average molecular weight is 379 g/mol. The molecule has 1 aromatic carbocycles. The smallest absolute Gasteiger partial charge is 0.259 e. The van der Waals surface area contributed by atoms with Crippen molar-refractivity contribution in [1.82, 2.24) is 26.4 Å². The number of carbonyl (C=O) groups is 2. The van der Waals surface area contributed by atoms with E-state index >= 15 is 0 Å². The van der Waals surface area contributed by atoms with Crippen LogP contribution in [0.3, 0.4) is 0 Å². The second-order valence-electron chi connectivity index (χ2n) is 6.57. The molecule has 1 heterocycles. The first kappa shape index (κ1) is 20.9. The van der Waals surface area contributed by atoms with Gasteiger partial charge in [0.1, 0.15) is 23.1 Å². The van der Waals surface area contributed by atoms with E-state index in [-0.39, 0.29) is 11.8 Å². The summed E-state index contributed by atoms with van der Waals surface area (Å²) in [5.74, 6) is 0.312. The highest BCUT2D eigenvalue weighted by atomic mass is 16.5. The maximum atomic E-state index is 12.8. The number of amides is 2. The number of rotatable bonds is 9. The standard InChI is InChI=1S/C18H29N5O4/c1-23(2)10-6-9-19-18(25)16-12(11-20-22-16)21-17(24)15-13(26-3)7-5-8-14(15)27-4/h5,7-8,12,16,20,22H,6,9-11H2,1-4H3,(H,19,25)(H,21,24). The largest absolute Gasteiger partial charge is 0.496 e. The van der Waals surface area contributed by atoms with Gasteiger partial charge in [-0.05, 0) is 39.2 Å². The van der Waals surface area contributed by atoms with E-state index in [0.717, 1.165) is 13.0 Å². The van der Waals surface area contributed by atoms with Gasteiger partial charge in [-0.1, -0.05) is 6.07 Å². The number of nitrogens with zero attached hydrogens (tertiary/aromatic N) is 1. The summed E-state index contributed by atoms with van der Waals surface area (Å²) in [7, 11) is 6.96. The van der Waals surface area contributed by atoms with Gasteiger partial charge in [-0.15, -0.1) is 0 Å². The van der Waals surface area contributed by atoms with Crippen LogP contribution < -0.4 is 31.0 Å². The van der Waals surface area contributed by atoms with Crippen LogP contribution in [0.4, 0.5) is 0 Å². The van der Waals surface area contributed by atoms with Crippen molar-refractivity contribution in [3.63, 3.8) is 0 Å². The van der Waals surface area contributed by atoms with Gasteiger partial charge in [0.05, 0.1) is 20.3 Å². The molecule has 1 aliphatic heterocycles. The SMILES string of the molecule is COc1cccc(OC)c1C(=O)NC1CNNC1C(=O)NCCCN(C)C. The molecule has 0 radical (unpaired) electrons. The van der Waals surface area contributed by atoms with Crippen LogP contribution >= 0.6 is 0 Å². The van der Waals surface area contributed by atoms with Crippen LogP contribution in [0.25, 0.3) is 0 Å². The van der Waals surface area contributed by atoms with Gasteiger partial charge in [-0.3, -0.25) is 15.0 Å². The van der Waals surface area contributed by atoms with E-state index in [1.165, 1.54) is 14.2 Å². The zero-order valence-corrected chi connectivity index (χ0v) is 16.3. The molecule has 2 rings (SSSR count). The number of nitrogens with one attached hydrogen (secondary N) is 4. The van der Waals surface area contributed by atoms with E-state index in [4.69, 9.17) is 9.47 Å². The second kappa shape index (κ2) is 10.1. The summed E-state index contributed by atoms with van der Waals surface area (Å²) in [5.41, 5.74) is 6.16. The topological polar surface area (TPSA) is 104 Å². The molecule has 9 heteroatoms. The van der Waals surface area contributed by atoms with Crippen molar-refractivity contribution in [2.75, 3.05) is 47.9 Å². The van der Waals surface area contributed by atoms with Crippen molar-refractivity contribution in [1.29, 1.82) is 0 Å². The third-order valence-electron chi connectivity index (χ3n) is 4.32. The quantitative estimate of drug-likeness (QED) is 0.423. The molecule has 1 saturated heterocycles. The van der Waals surface area contributed by atoms with E-state index in [2.05, 4.69) is 26.4 Å². The summed E-state index contributed by atoms with van der Waals surface area (Å²) in [6, 6.07) is 4.17. The van der Waals surface area contributed by atoms with E-state index in [0.29, 0.717) is 30.2 Å². The van der Waals surface area contributed by atoms with Gasteiger partial charge in [0.2, 0.25) is 5.91 Å². The number of ether oxygens (including phenoxy) is 2. The van der Waals surface area contributed by atoms with Crippen LogP contribution in [0, 0.1) is 0 Å². The van der Waals surface area contributed by atoms with Crippen LogP contribution in [0.5, 0.6) is 11.5 Å². The summed E-state index contributed by atoms with van der Waals surface area (Å²) in [4.78, 5) is 27.3. The molecule has 150 valence electrons. The highest BCUT2D eigenvalue weighted by Gasteiger charge is 2.34. The Morgan fingerprint density at radius 2 is 1.89 bits per heavy atom. The molecule has 1 fully saturated rings. The van der Waals surface area contributed by atoms with Gasteiger partial charge < -0.3 is 25.0 Å². The fraction of sp³-hybridized carbons (Fsp3) is 0.556. The number of carbonyl (C=O) groups excluding carboxylic acids is 2. The fourth-order valence-electron chi connectivity index (χ4n) is 2.91. The molecule has 4 N–H and O–H groups in total. The van der Waals surface area contributed by atoms with Crippen LogP contribution in [-0.4, -0.2) is 76.7 Å². The Morgan fingerprint density at radius 1 is 1.22 bits per heavy atom. The minimum absolute atomic E-state index is 0.156. The lowest BCUT2D eigenvalue weighted by Gasteiger charge is -2.21. The zero-order valence-electron chi connectivity index (χ0n) is 16.3. The summed E-state index contributed by atoms with van der Waals surface area (Å²) < 4.78 is 10.6. The van der Waals surface area contributed by atoms with Gasteiger partial charge in [0, 0.05) is 13.1 Å². The minimum atomic E-state index is -0.561. The number of methoxy groups -OCH3 is 2. The predicted molar refractivity (Wildman–Crippen MR) is 102 cm³/mol. The second-order valence-corrected chi connectivity index (χ2v) is 6.57. The molecule has 27 heavy (non-hydrogen) atoms. The zero-order chi connectivity index (χ0) is 19.8. The molecule has 2 unspecified atom stereocenters. The van der Waals surface area contributed by atoms with Crippen molar-refractivity contribution in [2.45, 2.75) is 18.5 Å². The first-order valence-electron chi connectivity index (χ1n) is 8.90. The van der Waals surface area contributed by atoms with E-state index in [9.17, 15) is 9.59 Å². The number of benzene rings is 1. The van der Waals surface area contributed by atoms with Crippen molar-refractivity contribution in [3.05, 3.63) is 23.8 Å². The average Bonchev–Trinajstić information content (AvgIpc) is 3.12. The Bertz CT molecular complexity index is 630. The maximum Gasteiger partial charge on any atom is 0.259 e. The Morgan fingerprint density at radius 3 is 2.48 bits per heavy atom. The molecular weight excluding hydrogens is 350 g/mol. The molecule has 2 atom stereocenters. The van der Waals surface area contributed by atoms with Crippen LogP contribution in [-0.2, 0) is 4.79 Å². The molecule has 9 nitrogen and oxygen atoms in total. The molecule has 0 bridgehead atoms. The number of hydrogen-bond donors (Lipinski definition) is 4. The highest BCUT2D eigenvalue weighted by molar-refractivity contribution is 6.00. The van der Waals surface area contributed by atoms with Gasteiger partial charge in [-0.25, -0.2) is 5.43 Å². The molecule has 0 aliphatic carbocycles. The van der Waals surface area contributed by atoms with Crippen molar-refractivity contribution in [2.24, 2.45) is 0 Å². The molecule has 0 aromatic heterocycles. The number of hydrogen-bond acceptors (Lipinski definition) is 7. The Kier molecular flexibility index (Phi) is 7.83. The van der Waals surface area contributed by atoms with E-state index in [1.807, 2.05) is 14.1 Å². The van der Waals surface area contributed by atoms with E-state index in [1.54, 1.807) is 18.2 Å². The molecule has 0 spiro atoms. The van der Waals surface area contributed by atoms with Gasteiger partial charge in [0.25, 0.3) is 5.91 Å². The molecule has 2 amide bonds. The number of hydrazine groups is 1. The summed E-state index contributed by atoms with van der Waals surface area (Å²) in [6.45, 7) is 1.90. The minimum Gasteiger partial charge on any atom is -0.496 e. The van der Waals surface area contributed by atoms with Crippen molar-refractivity contribution >= 4 is 11.8 Å². The highest BCUT2D eigenvalue weighted by Crippen LogP contribution is 2.28. The lowest BCUT2D eigenvalue weighted by Crippen LogP contribution is -2.53. The van der Waals surface area contributed by atoms with Crippen LogP contribution in [0.15, 0.2) is 18.2 Å². The Balaban J connectivity index is 2.00. The third kappa shape index (κ3) is 5.56. The summed E-state index contributed by atoms with van der Waals surface area (Å²) in [5, 5.41) is 5.79. The van der Waals surface area contributed by atoms with Gasteiger partial charge in [0.15, 0.2) is 0 Å². The monoisotopic (exact) mass is 379 g/mol. The first-order chi connectivity index (χ1) is 13.0. The van der Waals surface area contributed by atoms with Crippen molar-refractivity contribution in [3.8, 4) is 11.5 Å². The normalized spacial score (nSPS) is 19.0. The van der Waals surface area contributed by atoms with Gasteiger partial charge >= 0.3 is 0 Å².